The zero-order valence-corrected chi connectivity index (χ0v) is 21.1. The van der Waals surface area contributed by atoms with Gasteiger partial charge in [0.15, 0.2) is 0 Å². The largest absolute Gasteiger partial charge is 0.493 e. The summed E-state index contributed by atoms with van der Waals surface area (Å²) in [4.78, 5) is 23.6. The molecule has 0 saturated heterocycles. The second-order valence-corrected chi connectivity index (χ2v) is 8.82. The smallest absolute Gasteiger partial charge is 0.303 e. The number of aliphatic carboxylic acids is 1. The van der Waals surface area contributed by atoms with Gasteiger partial charge in [0, 0.05) is 24.9 Å². The number of carboxylic acid groups (broad SMARTS) is 1. The number of amides is 1. The van der Waals surface area contributed by atoms with E-state index in [0.29, 0.717) is 37.4 Å². The molecule has 6 nitrogen and oxygen atoms in total. The number of carbonyl (C=O) groups excluding carboxylic acids is 1. The summed E-state index contributed by atoms with van der Waals surface area (Å²) in [6, 6.07) is 32.7. The first-order chi connectivity index (χ1) is 18.6. The summed E-state index contributed by atoms with van der Waals surface area (Å²) in [6.07, 6.45) is 1.08. The third-order valence-electron chi connectivity index (χ3n) is 6.03. The van der Waals surface area contributed by atoms with Crippen molar-refractivity contribution in [3.63, 3.8) is 0 Å². The van der Waals surface area contributed by atoms with Crippen molar-refractivity contribution in [1.29, 1.82) is 0 Å². The zero-order chi connectivity index (χ0) is 26.6. The summed E-state index contributed by atoms with van der Waals surface area (Å²) in [5.41, 5.74) is 4.52. The Kier molecular flexibility index (Phi) is 9.51. The number of benzene rings is 4. The maximum atomic E-state index is 12.5. The van der Waals surface area contributed by atoms with Gasteiger partial charge in [0.25, 0.3) is 5.91 Å². The monoisotopic (exact) mass is 509 g/mol. The van der Waals surface area contributed by atoms with E-state index >= 15 is 0 Å². The van der Waals surface area contributed by atoms with Gasteiger partial charge in [0.05, 0.1) is 13.2 Å². The Hall–Kier alpha value is -4.58. The molecule has 0 fully saturated rings. The first kappa shape index (κ1) is 26.5. The van der Waals surface area contributed by atoms with Gasteiger partial charge in [-0.1, -0.05) is 66.7 Å². The Bertz CT molecular complexity index is 1340. The van der Waals surface area contributed by atoms with Crippen LogP contribution in [0.3, 0.4) is 0 Å². The molecular weight excluding hydrogens is 478 g/mol. The quantitative estimate of drug-likeness (QED) is 0.211. The van der Waals surface area contributed by atoms with Crippen molar-refractivity contribution in [2.45, 2.75) is 25.8 Å². The second kappa shape index (κ2) is 13.7. The van der Waals surface area contributed by atoms with Crippen LogP contribution < -0.4 is 14.8 Å². The minimum absolute atomic E-state index is 0.0165. The minimum atomic E-state index is -0.862. The van der Waals surface area contributed by atoms with E-state index in [1.807, 2.05) is 72.8 Å². The van der Waals surface area contributed by atoms with Crippen LogP contribution in [-0.2, 0) is 17.8 Å². The lowest BCUT2D eigenvalue weighted by Crippen LogP contribution is -2.23. The molecular formula is C32H31NO5. The average Bonchev–Trinajstić information content (AvgIpc) is 2.96. The SMILES string of the molecule is O=C(O)CCc1ccc(OCCCOc2cccc(-c3ccccc3)c2)cc1CNC(=O)c1ccccc1. The molecule has 6 heteroatoms. The molecule has 0 heterocycles. The van der Waals surface area contributed by atoms with Gasteiger partial charge >= 0.3 is 5.97 Å². The van der Waals surface area contributed by atoms with E-state index in [-0.39, 0.29) is 18.9 Å². The van der Waals surface area contributed by atoms with Crippen LogP contribution in [0.15, 0.2) is 103 Å². The van der Waals surface area contributed by atoms with Gasteiger partial charge in [-0.2, -0.15) is 0 Å². The van der Waals surface area contributed by atoms with Crippen LogP contribution in [0.5, 0.6) is 11.5 Å². The highest BCUT2D eigenvalue weighted by molar-refractivity contribution is 5.94. The summed E-state index contributed by atoms with van der Waals surface area (Å²) < 4.78 is 11.9. The second-order valence-electron chi connectivity index (χ2n) is 8.82. The molecule has 0 aliphatic rings. The Morgan fingerprint density at radius 2 is 1.34 bits per heavy atom. The minimum Gasteiger partial charge on any atom is -0.493 e. The number of hydrogen-bond acceptors (Lipinski definition) is 4. The zero-order valence-electron chi connectivity index (χ0n) is 21.1. The molecule has 38 heavy (non-hydrogen) atoms. The highest BCUT2D eigenvalue weighted by atomic mass is 16.5. The van der Waals surface area contributed by atoms with E-state index < -0.39 is 5.97 Å². The normalized spacial score (nSPS) is 10.5. The predicted octanol–water partition coefficient (Wildman–Crippen LogP) is 6.15. The molecule has 0 aliphatic heterocycles. The van der Waals surface area contributed by atoms with Crippen LogP contribution in [0.2, 0.25) is 0 Å². The lowest BCUT2D eigenvalue weighted by molar-refractivity contribution is -0.136. The molecule has 0 radical (unpaired) electrons. The van der Waals surface area contributed by atoms with E-state index in [1.165, 1.54) is 0 Å². The summed E-state index contributed by atoms with van der Waals surface area (Å²) in [5, 5.41) is 12.0. The highest BCUT2D eigenvalue weighted by Gasteiger charge is 2.10. The molecule has 2 N–H and O–H groups in total. The van der Waals surface area contributed by atoms with Crippen LogP contribution in [0.1, 0.15) is 34.3 Å². The van der Waals surface area contributed by atoms with Crippen molar-refractivity contribution in [3.05, 3.63) is 120 Å². The van der Waals surface area contributed by atoms with Gasteiger partial charge in [-0.15, -0.1) is 0 Å². The van der Waals surface area contributed by atoms with Gasteiger partial charge in [-0.3, -0.25) is 9.59 Å². The number of carboxylic acids is 1. The molecule has 1 amide bonds. The van der Waals surface area contributed by atoms with Crippen molar-refractivity contribution >= 4 is 11.9 Å². The number of hydrogen-bond donors (Lipinski definition) is 2. The van der Waals surface area contributed by atoms with E-state index in [1.54, 1.807) is 12.1 Å². The number of ether oxygens (including phenoxy) is 2. The molecule has 0 atom stereocenters. The van der Waals surface area contributed by atoms with E-state index in [4.69, 9.17) is 14.6 Å². The van der Waals surface area contributed by atoms with E-state index in [9.17, 15) is 9.59 Å². The summed E-state index contributed by atoms with van der Waals surface area (Å²) in [6.45, 7) is 1.25. The van der Waals surface area contributed by atoms with Crippen LogP contribution in [0.4, 0.5) is 0 Å². The molecule has 0 saturated carbocycles. The standard InChI is InChI=1S/C32H31NO5/c34-31(35)18-16-25-15-17-30(22-28(25)23-33-32(36)26-11-5-2-6-12-26)38-20-8-19-37-29-14-7-13-27(21-29)24-9-3-1-4-10-24/h1-7,9-15,17,21-22H,8,16,18-20,23H2,(H,33,36)(H,34,35). The molecule has 0 aliphatic carbocycles. The number of rotatable bonds is 13. The molecule has 0 aromatic heterocycles. The highest BCUT2D eigenvalue weighted by Crippen LogP contribution is 2.24. The number of carbonyl (C=O) groups is 2. The van der Waals surface area contributed by atoms with Gasteiger partial charge in [-0.25, -0.2) is 0 Å². The average molecular weight is 510 g/mol. The summed E-state index contributed by atoms with van der Waals surface area (Å²) in [5.74, 6) is 0.429. The lowest BCUT2D eigenvalue weighted by Gasteiger charge is -2.14. The van der Waals surface area contributed by atoms with Crippen molar-refractivity contribution in [2.24, 2.45) is 0 Å². The number of aryl methyl sites for hydroxylation is 1. The van der Waals surface area contributed by atoms with Crippen molar-refractivity contribution in [3.8, 4) is 22.6 Å². The van der Waals surface area contributed by atoms with Gasteiger partial charge in [0.2, 0.25) is 0 Å². The van der Waals surface area contributed by atoms with Gasteiger partial charge in [0.1, 0.15) is 11.5 Å². The fraction of sp³-hybridized carbons (Fsp3) is 0.188. The predicted molar refractivity (Wildman–Crippen MR) is 147 cm³/mol. The Labute approximate surface area is 222 Å². The molecule has 194 valence electrons. The Balaban J connectivity index is 1.30. The van der Waals surface area contributed by atoms with E-state index in [2.05, 4.69) is 23.5 Å². The van der Waals surface area contributed by atoms with Gasteiger partial charge < -0.3 is 19.9 Å². The van der Waals surface area contributed by atoms with Crippen LogP contribution in [0.25, 0.3) is 11.1 Å². The Morgan fingerprint density at radius 1 is 0.684 bits per heavy atom. The Morgan fingerprint density at radius 3 is 2.05 bits per heavy atom. The van der Waals surface area contributed by atoms with Crippen LogP contribution in [0, 0.1) is 0 Å². The van der Waals surface area contributed by atoms with Crippen molar-refractivity contribution < 1.29 is 24.2 Å². The molecule has 0 bridgehead atoms. The summed E-state index contributed by atoms with van der Waals surface area (Å²) in [7, 11) is 0. The topological polar surface area (TPSA) is 84.9 Å². The molecule has 0 unspecified atom stereocenters. The molecule has 0 spiro atoms. The van der Waals surface area contributed by atoms with E-state index in [0.717, 1.165) is 28.0 Å². The third kappa shape index (κ3) is 7.96. The maximum absolute atomic E-state index is 12.5. The number of nitrogens with one attached hydrogen (secondary N) is 1. The molecule has 4 rings (SSSR count). The fourth-order valence-corrected chi connectivity index (χ4v) is 4.04. The fourth-order valence-electron chi connectivity index (χ4n) is 4.04. The molecule has 4 aromatic carbocycles. The van der Waals surface area contributed by atoms with Crippen LogP contribution >= 0.6 is 0 Å². The summed E-state index contributed by atoms with van der Waals surface area (Å²) >= 11 is 0. The first-order valence-electron chi connectivity index (χ1n) is 12.7. The van der Waals surface area contributed by atoms with Crippen molar-refractivity contribution in [2.75, 3.05) is 13.2 Å². The third-order valence-corrected chi connectivity index (χ3v) is 6.03. The molecule has 4 aromatic rings. The maximum Gasteiger partial charge on any atom is 0.303 e. The van der Waals surface area contributed by atoms with Crippen molar-refractivity contribution in [1.82, 2.24) is 5.32 Å². The lowest BCUT2D eigenvalue weighted by atomic mass is 10.0. The first-order valence-corrected chi connectivity index (χ1v) is 12.7. The van der Waals surface area contributed by atoms with Crippen LogP contribution in [-0.4, -0.2) is 30.2 Å². The van der Waals surface area contributed by atoms with Gasteiger partial charge in [-0.05, 0) is 65.1 Å².